The van der Waals surface area contributed by atoms with Crippen LogP contribution in [0.3, 0.4) is 0 Å². The van der Waals surface area contributed by atoms with Crippen LogP contribution in [0.2, 0.25) is 0 Å². The summed E-state index contributed by atoms with van der Waals surface area (Å²) >= 11 is 0. The number of hydrogen-bond donors (Lipinski definition) is 0. The van der Waals surface area contributed by atoms with E-state index in [2.05, 4.69) is 382 Å². The molecule has 0 atom stereocenters. The fourth-order valence-corrected chi connectivity index (χ4v) is 21.3. The SMILES string of the molecule is c1ccc(-c2nc(-c3cccc4c(N5c6ccc7ccccc7c6-c6cccc7cccc5c67)cccc34)nc3ccccc23)nc1.c1ccc2cc(N3c4ccc5ccccc5c4-c4cccc5cccc3c45)c(-c3nc(-c4ccncc4)c4ccccc4n3)cc2c1.c1cncc(-c2nc(-c3cccc(N4c5ccc6ccccc6c5-c5cccc6cccc4c56)c3)nc3ccccc23)c1. The first kappa shape index (κ1) is 78.2. The molecule has 12 nitrogen and oxygen atoms in total. The Kier molecular flexibility index (Phi) is 18.3. The molecule has 26 aromatic rings. The second-order valence-corrected chi connectivity index (χ2v) is 35.0. The van der Waals surface area contributed by atoms with Crippen molar-refractivity contribution in [2.24, 2.45) is 0 Å². The summed E-state index contributed by atoms with van der Waals surface area (Å²) in [7, 11) is 0. The van der Waals surface area contributed by atoms with Crippen LogP contribution >= 0.6 is 0 Å². The average Bonchev–Trinajstić information content (AvgIpc) is 0.711. The van der Waals surface area contributed by atoms with Gasteiger partial charge in [-0.3, -0.25) is 15.0 Å². The van der Waals surface area contributed by atoms with Gasteiger partial charge in [0.2, 0.25) is 0 Å². The van der Waals surface area contributed by atoms with Gasteiger partial charge in [0, 0.05) is 119 Å². The quantitative estimate of drug-likeness (QED) is 0.137. The van der Waals surface area contributed by atoms with Crippen LogP contribution in [0.4, 0.5) is 51.2 Å². The highest BCUT2D eigenvalue weighted by atomic mass is 15.2. The highest BCUT2D eigenvalue weighted by Crippen LogP contribution is 2.59. The standard InChI is InChI=1S/2C43H26N4.C39H24N4/c1-2-14-29-27(11-1)24-25-39-41(29)34-19-7-12-28-13-8-23-38(40(28)34)47(39)37-22-10-16-30-31(37)17-9-18-32(30)43-45-35-20-4-3-15-33(35)42(46-43)36-21-5-6-26-44-36;1-2-11-31-26-39(35(25-30(31)10-1)43-45-36-17-6-5-15-33(36)42(46-43)29-21-23-44-24-22-29)47-37-18-8-13-28-12-7-16-34(40(28)37)41-32-14-4-3-9-27(32)19-20-38(41)47;1-2-15-30-25(9-1)20-21-35-37(30)32-17-6-10-26-11-7-19-34(36(26)32)43(35)29-14-5-12-27(23-29)39-41-33-18-4-3-16-31(33)38(42-39)28-13-8-22-40-24-28/h2*1-26H;1-24H. The van der Waals surface area contributed by atoms with Gasteiger partial charge in [-0.25, -0.2) is 29.9 Å². The fourth-order valence-electron chi connectivity index (χ4n) is 21.3. The normalized spacial score (nSPS) is 12.2. The number of hydrogen-bond acceptors (Lipinski definition) is 12. The first-order valence-corrected chi connectivity index (χ1v) is 46.2. The lowest BCUT2D eigenvalue weighted by atomic mass is 9.87. The van der Waals surface area contributed by atoms with E-state index >= 15 is 0 Å². The van der Waals surface area contributed by atoms with Crippen LogP contribution in [-0.4, -0.2) is 44.9 Å². The number of anilines is 9. The van der Waals surface area contributed by atoms with Gasteiger partial charge in [-0.2, -0.15) is 0 Å². The topological polar surface area (TPSA) is 126 Å². The average molecular weight is 1750 g/mol. The van der Waals surface area contributed by atoms with Crippen LogP contribution < -0.4 is 14.7 Å². The molecule has 29 rings (SSSR count). The van der Waals surface area contributed by atoms with Gasteiger partial charge in [0.15, 0.2) is 17.5 Å². The second-order valence-electron chi connectivity index (χ2n) is 35.0. The van der Waals surface area contributed by atoms with Gasteiger partial charge < -0.3 is 14.7 Å². The summed E-state index contributed by atoms with van der Waals surface area (Å²) in [4.78, 5) is 51.6. The molecule has 0 bridgehead atoms. The summed E-state index contributed by atoms with van der Waals surface area (Å²) in [6, 6.07) is 153. The molecule has 0 N–H and O–H groups in total. The molecular weight excluding hydrogens is 1670 g/mol. The van der Waals surface area contributed by atoms with Crippen LogP contribution in [0.25, 0.3) is 220 Å². The Balaban J connectivity index is 0.000000104. The third-order valence-electron chi connectivity index (χ3n) is 27.3. The molecule has 20 aromatic carbocycles. The van der Waals surface area contributed by atoms with E-state index < -0.39 is 0 Å². The molecular formula is C125H76N12. The van der Waals surface area contributed by atoms with Crippen molar-refractivity contribution in [3.05, 3.63) is 462 Å². The number of benzene rings is 20. The maximum absolute atomic E-state index is 5.34. The minimum atomic E-state index is 0.685. The molecule has 0 saturated carbocycles. The Hall–Kier alpha value is -18.7. The van der Waals surface area contributed by atoms with Gasteiger partial charge in [0.05, 0.1) is 79.1 Å². The zero-order valence-electron chi connectivity index (χ0n) is 73.7. The van der Waals surface area contributed by atoms with E-state index in [0.29, 0.717) is 17.5 Å². The molecule has 0 spiro atoms. The van der Waals surface area contributed by atoms with Gasteiger partial charge in [0.1, 0.15) is 5.69 Å². The van der Waals surface area contributed by atoms with E-state index in [1.807, 2.05) is 104 Å². The van der Waals surface area contributed by atoms with Crippen molar-refractivity contribution < 1.29 is 0 Å². The van der Waals surface area contributed by atoms with Crippen LogP contribution in [0.15, 0.2) is 462 Å². The lowest BCUT2D eigenvalue weighted by molar-refractivity contribution is 1.20. The summed E-state index contributed by atoms with van der Waals surface area (Å²) in [5, 5.41) is 22.4. The lowest BCUT2D eigenvalue weighted by Gasteiger charge is -2.35. The molecule has 137 heavy (non-hydrogen) atoms. The van der Waals surface area contributed by atoms with E-state index in [1.54, 1.807) is 6.20 Å². The first-order chi connectivity index (χ1) is 68.0. The summed E-state index contributed by atoms with van der Waals surface area (Å²) in [6.07, 6.45) is 9.10. The summed E-state index contributed by atoms with van der Waals surface area (Å²) < 4.78 is 0. The molecule has 3 aliphatic rings. The number of para-hydroxylation sites is 3. The minimum absolute atomic E-state index is 0.685. The number of nitrogens with zero attached hydrogens (tertiary/aromatic N) is 12. The number of fused-ring (bicyclic) bond motifs is 17. The Morgan fingerprint density at radius 1 is 0.182 bits per heavy atom. The molecule has 6 aromatic heterocycles. The van der Waals surface area contributed by atoms with E-state index in [4.69, 9.17) is 29.9 Å². The zero-order chi connectivity index (χ0) is 90.1. The number of pyridine rings is 3. The van der Waals surface area contributed by atoms with Crippen LogP contribution in [-0.2, 0) is 0 Å². The monoisotopic (exact) mass is 1740 g/mol. The molecule has 0 saturated heterocycles. The largest absolute Gasteiger partial charge is 0.309 e. The van der Waals surface area contributed by atoms with Crippen molar-refractivity contribution in [3.63, 3.8) is 0 Å². The van der Waals surface area contributed by atoms with Crippen LogP contribution in [0.5, 0.6) is 0 Å². The molecule has 12 heteroatoms. The van der Waals surface area contributed by atoms with Gasteiger partial charge in [-0.05, 0) is 203 Å². The van der Waals surface area contributed by atoms with E-state index in [0.717, 1.165) is 139 Å². The molecule has 0 radical (unpaired) electrons. The fraction of sp³-hybridized carbons (Fsp3) is 0. The molecule has 0 unspecified atom stereocenters. The Morgan fingerprint density at radius 2 is 0.584 bits per heavy atom. The maximum Gasteiger partial charge on any atom is 0.162 e. The zero-order valence-corrected chi connectivity index (χ0v) is 73.7. The van der Waals surface area contributed by atoms with Gasteiger partial charge in [-0.1, -0.05) is 309 Å². The molecule has 0 amide bonds. The van der Waals surface area contributed by atoms with Crippen LogP contribution in [0, 0.1) is 0 Å². The third-order valence-corrected chi connectivity index (χ3v) is 27.3. The Morgan fingerprint density at radius 3 is 1.14 bits per heavy atom. The van der Waals surface area contributed by atoms with Gasteiger partial charge in [-0.15, -0.1) is 0 Å². The summed E-state index contributed by atoms with van der Waals surface area (Å²) in [5.74, 6) is 2.06. The molecule has 3 aliphatic heterocycles. The van der Waals surface area contributed by atoms with Crippen molar-refractivity contribution in [2.75, 3.05) is 14.7 Å². The molecule has 0 aliphatic carbocycles. The predicted octanol–water partition coefficient (Wildman–Crippen LogP) is 32.7. The lowest BCUT2D eigenvalue weighted by Crippen LogP contribution is -2.16. The predicted molar refractivity (Wildman–Crippen MR) is 566 cm³/mol. The number of aromatic nitrogens is 9. The molecule has 636 valence electrons. The van der Waals surface area contributed by atoms with Crippen LogP contribution in [0.1, 0.15) is 0 Å². The van der Waals surface area contributed by atoms with Crippen molar-refractivity contribution in [3.8, 4) is 101 Å². The summed E-state index contributed by atoms with van der Waals surface area (Å²) in [5.41, 5.74) is 28.8. The minimum Gasteiger partial charge on any atom is -0.309 e. The van der Waals surface area contributed by atoms with Gasteiger partial charge >= 0.3 is 0 Å². The molecule has 0 fully saturated rings. The van der Waals surface area contributed by atoms with E-state index in [-0.39, 0.29) is 0 Å². The van der Waals surface area contributed by atoms with Crippen molar-refractivity contribution in [1.29, 1.82) is 0 Å². The smallest absolute Gasteiger partial charge is 0.162 e. The van der Waals surface area contributed by atoms with E-state index in [9.17, 15) is 0 Å². The highest BCUT2D eigenvalue weighted by molar-refractivity contribution is 6.24. The summed E-state index contributed by atoms with van der Waals surface area (Å²) in [6.45, 7) is 0. The third kappa shape index (κ3) is 12.9. The molecule has 9 heterocycles. The number of rotatable bonds is 9. The van der Waals surface area contributed by atoms with Crippen molar-refractivity contribution in [2.45, 2.75) is 0 Å². The second kappa shape index (κ2) is 32.1. The van der Waals surface area contributed by atoms with Crippen molar-refractivity contribution >= 4 is 170 Å². The maximum atomic E-state index is 5.34. The van der Waals surface area contributed by atoms with E-state index in [1.165, 1.54) is 115 Å². The van der Waals surface area contributed by atoms with Gasteiger partial charge in [0.25, 0.3) is 0 Å². The first-order valence-electron chi connectivity index (χ1n) is 46.2. The van der Waals surface area contributed by atoms with Crippen molar-refractivity contribution in [1.82, 2.24) is 44.9 Å². The Bertz CT molecular complexity index is 9470. The Labute approximate surface area is 787 Å². The highest BCUT2D eigenvalue weighted by Gasteiger charge is 2.34.